The number of aliphatic carboxylic acids is 1. The molecule has 1 saturated heterocycles. The van der Waals surface area contributed by atoms with Crippen molar-refractivity contribution >= 4 is 29.6 Å². The Morgan fingerprint density at radius 2 is 2.10 bits per heavy atom. The Bertz CT molecular complexity index is 1100. The van der Waals surface area contributed by atoms with Crippen LogP contribution in [0.15, 0.2) is 48.5 Å². The maximum Gasteiger partial charge on any atom is 0.303 e. The van der Waals surface area contributed by atoms with Crippen molar-refractivity contribution in [2.75, 3.05) is 23.5 Å². The average molecular weight is 441 g/mol. The predicted octanol–water partition coefficient (Wildman–Crippen LogP) is 3.61. The van der Waals surface area contributed by atoms with E-state index in [4.69, 9.17) is 22.1 Å². The van der Waals surface area contributed by atoms with Crippen LogP contribution in [0.2, 0.25) is 0 Å². The minimum atomic E-state index is -0.745. The number of benzene rings is 2. The van der Waals surface area contributed by atoms with E-state index < -0.39 is 5.97 Å². The molecule has 162 valence electrons. The molecule has 0 radical (unpaired) electrons. The molecule has 3 aromatic rings. The first kappa shape index (κ1) is 20.9. The van der Waals surface area contributed by atoms with Gasteiger partial charge in [0.05, 0.1) is 5.69 Å². The van der Waals surface area contributed by atoms with Crippen molar-refractivity contribution in [2.45, 2.75) is 31.7 Å². The Morgan fingerprint density at radius 1 is 1.26 bits per heavy atom. The smallest absolute Gasteiger partial charge is 0.303 e. The highest BCUT2D eigenvalue weighted by Crippen LogP contribution is 2.30. The van der Waals surface area contributed by atoms with Gasteiger partial charge in [0.15, 0.2) is 6.73 Å². The molecule has 0 amide bonds. The van der Waals surface area contributed by atoms with Crippen molar-refractivity contribution in [3.05, 3.63) is 53.3 Å². The summed E-state index contributed by atoms with van der Waals surface area (Å²) in [6, 6.07) is 15.9. The SMILES string of the molecule is O=C(O)CCC1CCCN1c1cccc(OCNc2cccc(-n3[nH]nnc3=S)c2)c1. The van der Waals surface area contributed by atoms with Gasteiger partial charge >= 0.3 is 5.97 Å². The molecular formula is C21H24N6O3S. The van der Waals surface area contributed by atoms with Crippen molar-refractivity contribution in [2.24, 2.45) is 0 Å². The van der Waals surface area contributed by atoms with Gasteiger partial charge in [0.2, 0.25) is 4.77 Å². The molecule has 0 saturated carbocycles. The lowest BCUT2D eigenvalue weighted by Gasteiger charge is -2.27. The van der Waals surface area contributed by atoms with Gasteiger partial charge in [-0.2, -0.15) is 5.21 Å². The Labute approximate surface area is 184 Å². The highest BCUT2D eigenvalue weighted by atomic mass is 32.1. The minimum absolute atomic E-state index is 0.195. The summed E-state index contributed by atoms with van der Waals surface area (Å²) in [7, 11) is 0. The molecule has 31 heavy (non-hydrogen) atoms. The van der Waals surface area contributed by atoms with E-state index in [1.54, 1.807) is 4.68 Å². The van der Waals surface area contributed by atoms with Gasteiger partial charge < -0.3 is 20.1 Å². The summed E-state index contributed by atoms with van der Waals surface area (Å²) in [4.78, 5) is 13.2. The first-order chi connectivity index (χ1) is 15.1. The number of aromatic amines is 1. The van der Waals surface area contributed by atoms with Gasteiger partial charge in [0.1, 0.15) is 5.75 Å². The number of tetrazole rings is 1. The average Bonchev–Trinajstić information content (AvgIpc) is 3.41. The molecule has 1 atom stereocenters. The minimum Gasteiger partial charge on any atom is -0.481 e. The van der Waals surface area contributed by atoms with Crippen LogP contribution >= 0.6 is 12.2 Å². The Kier molecular flexibility index (Phi) is 6.46. The zero-order valence-corrected chi connectivity index (χ0v) is 17.7. The molecule has 9 nitrogen and oxygen atoms in total. The van der Waals surface area contributed by atoms with E-state index in [9.17, 15) is 4.79 Å². The van der Waals surface area contributed by atoms with Crippen molar-refractivity contribution in [1.82, 2.24) is 20.2 Å². The van der Waals surface area contributed by atoms with Gasteiger partial charge in [-0.05, 0) is 61.8 Å². The van der Waals surface area contributed by atoms with Crippen molar-refractivity contribution in [1.29, 1.82) is 0 Å². The number of nitrogens with zero attached hydrogens (tertiary/aromatic N) is 4. The van der Waals surface area contributed by atoms with Crippen LogP contribution in [0, 0.1) is 4.77 Å². The van der Waals surface area contributed by atoms with Gasteiger partial charge in [0, 0.05) is 36.4 Å². The topological polar surface area (TPSA) is 108 Å². The molecule has 4 rings (SSSR count). The largest absolute Gasteiger partial charge is 0.481 e. The number of H-pyrrole nitrogens is 1. The van der Waals surface area contributed by atoms with Crippen LogP contribution in [0.5, 0.6) is 5.75 Å². The number of carboxylic acid groups (broad SMARTS) is 1. The van der Waals surface area contributed by atoms with Crippen LogP contribution in [0.1, 0.15) is 25.7 Å². The summed E-state index contributed by atoms with van der Waals surface area (Å²) in [5.74, 6) is 0.00947. The zero-order valence-electron chi connectivity index (χ0n) is 16.9. The number of ether oxygens (including phenoxy) is 1. The van der Waals surface area contributed by atoms with E-state index in [1.165, 1.54) is 0 Å². The Morgan fingerprint density at radius 3 is 2.90 bits per heavy atom. The van der Waals surface area contributed by atoms with Gasteiger partial charge in [-0.15, -0.1) is 0 Å². The number of aromatic nitrogens is 4. The van der Waals surface area contributed by atoms with Crippen LogP contribution in [0.25, 0.3) is 5.69 Å². The van der Waals surface area contributed by atoms with E-state index in [-0.39, 0.29) is 12.5 Å². The van der Waals surface area contributed by atoms with Crippen LogP contribution in [-0.4, -0.2) is 50.6 Å². The third-order valence-corrected chi connectivity index (χ3v) is 5.57. The number of rotatable bonds is 9. The Balaban J connectivity index is 1.36. The fourth-order valence-electron chi connectivity index (χ4n) is 3.84. The second-order valence-corrected chi connectivity index (χ2v) is 7.72. The molecule has 3 N–H and O–H groups in total. The van der Waals surface area contributed by atoms with Crippen LogP contribution < -0.4 is 15.0 Å². The molecular weight excluding hydrogens is 416 g/mol. The Hall–Kier alpha value is -3.40. The summed E-state index contributed by atoms with van der Waals surface area (Å²) in [6.07, 6.45) is 2.95. The number of hydrogen-bond donors (Lipinski definition) is 3. The quantitative estimate of drug-likeness (QED) is 0.342. The molecule has 0 aliphatic carbocycles. The standard InChI is InChI=1S/C21H24N6O3S/c28-20(29)10-9-16-7-3-11-26(16)17-5-2-8-19(13-17)30-14-22-15-4-1-6-18(12-15)27-21(31)23-24-25-27/h1-2,4-6,8,12-13,16,22H,3,7,9-11,14H2,(H,28,29)(H,23,25,31). The van der Waals surface area contributed by atoms with Crippen molar-refractivity contribution in [3.8, 4) is 11.4 Å². The molecule has 10 heteroatoms. The first-order valence-electron chi connectivity index (χ1n) is 10.2. The first-order valence-corrected chi connectivity index (χ1v) is 10.6. The van der Waals surface area contributed by atoms with Crippen LogP contribution in [0.3, 0.4) is 0 Å². The number of carboxylic acids is 1. The molecule has 1 unspecified atom stereocenters. The fraction of sp³-hybridized carbons (Fsp3) is 0.333. The summed E-state index contributed by atoms with van der Waals surface area (Å²) in [5.41, 5.74) is 2.76. The van der Waals surface area contributed by atoms with E-state index in [0.717, 1.165) is 42.2 Å². The predicted molar refractivity (Wildman–Crippen MR) is 119 cm³/mol. The normalized spacial score (nSPS) is 15.7. The summed E-state index contributed by atoms with van der Waals surface area (Å²) in [5, 5.41) is 22.5. The second-order valence-electron chi connectivity index (χ2n) is 7.35. The van der Waals surface area contributed by atoms with Gasteiger partial charge in [-0.1, -0.05) is 22.4 Å². The van der Waals surface area contributed by atoms with Crippen LogP contribution in [0.4, 0.5) is 11.4 Å². The van der Waals surface area contributed by atoms with Gasteiger partial charge in [0.25, 0.3) is 0 Å². The van der Waals surface area contributed by atoms with E-state index >= 15 is 0 Å². The third kappa shape index (κ3) is 5.21. The molecule has 1 aliphatic heterocycles. The molecule has 2 aromatic carbocycles. The third-order valence-electron chi connectivity index (χ3n) is 5.31. The van der Waals surface area contributed by atoms with E-state index in [0.29, 0.717) is 17.9 Å². The number of hydrogen-bond acceptors (Lipinski definition) is 7. The molecule has 1 aromatic heterocycles. The monoisotopic (exact) mass is 440 g/mol. The molecule has 1 fully saturated rings. The maximum absolute atomic E-state index is 10.9. The van der Waals surface area contributed by atoms with Crippen LogP contribution in [-0.2, 0) is 4.79 Å². The highest BCUT2D eigenvalue weighted by molar-refractivity contribution is 7.71. The number of anilines is 2. The second kappa shape index (κ2) is 9.61. The lowest BCUT2D eigenvalue weighted by Crippen LogP contribution is -2.29. The lowest BCUT2D eigenvalue weighted by molar-refractivity contribution is -0.137. The maximum atomic E-state index is 10.9. The molecule has 2 heterocycles. The molecule has 0 spiro atoms. The summed E-state index contributed by atoms with van der Waals surface area (Å²) >= 11 is 5.14. The molecule has 1 aliphatic rings. The number of carbonyl (C=O) groups is 1. The van der Waals surface area contributed by atoms with Gasteiger partial charge in [-0.3, -0.25) is 4.79 Å². The summed E-state index contributed by atoms with van der Waals surface area (Å²) < 4.78 is 7.87. The number of nitrogens with one attached hydrogen (secondary N) is 2. The fourth-order valence-corrected chi connectivity index (χ4v) is 4.03. The van der Waals surface area contributed by atoms with Gasteiger partial charge in [-0.25, -0.2) is 4.68 Å². The summed E-state index contributed by atoms with van der Waals surface area (Å²) in [6.45, 7) is 1.23. The van der Waals surface area contributed by atoms with Crippen molar-refractivity contribution in [3.63, 3.8) is 0 Å². The zero-order chi connectivity index (χ0) is 21.6. The van der Waals surface area contributed by atoms with E-state index in [2.05, 4.69) is 25.7 Å². The lowest BCUT2D eigenvalue weighted by atomic mass is 10.1. The molecule has 0 bridgehead atoms. The van der Waals surface area contributed by atoms with Crippen molar-refractivity contribution < 1.29 is 14.6 Å². The van der Waals surface area contributed by atoms with E-state index in [1.807, 2.05) is 48.5 Å². The highest BCUT2D eigenvalue weighted by Gasteiger charge is 2.25.